The predicted molar refractivity (Wildman–Crippen MR) is 116 cm³/mol. The van der Waals surface area contributed by atoms with Crippen LogP contribution in [0, 0.1) is 0 Å². The molecule has 7 nitrogen and oxygen atoms in total. The number of carbonyl (C=O) groups is 1. The van der Waals surface area contributed by atoms with Gasteiger partial charge in [0.25, 0.3) is 5.91 Å². The molecule has 2 aromatic carbocycles. The van der Waals surface area contributed by atoms with Crippen LogP contribution in [0.2, 0.25) is 0 Å². The lowest BCUT2D eigenvalue weighted by Gasteiger charge is -2.32. The van der Waals surface area contributed by atoms with E-state index >= 15 is 0 Å². The molecule has 0 fully saturated rings. The van der Waals surface area contributed by atoms with Gasteiger partial charge in [-0.2, -0.15) is 17.5 Å². The molecule has 4 rings (SSSR count). The second-order valence-corrected chi connectivity index (χ2v) is 9.62. The van der Waals surface area contributed by atoms with Crippen molar-refractivity contribution in [1.29, 1.82) is 0 Å². The molecule has 0 radical (unpaired) electrons. The Morgan fingerprint density at radius 2 is 1.79 bits per heavy atom. The van der Waals surface area contributed by atoms with E-state index in [2.05, 4.69) is 9.97 Å². The van der Waals surface area contributed by atoms with Gasteiger partial charge in [-0.05, 0) is 30.0 Å². The number of benzene rings is 2. The van der Waals surface area contributed by atoms with Crippen LogP contribution in [-0.2, 0) is 23.0 Å². The van der Waals surface area contributed by atoms with Crippen molar-refractivity contribution in [1.82, 2.24) is 14.3 Å². The number of nitrogens with one attached hydrogen (secondary N) is 1. The molecule has 1 aliphatic rings. The zero-order valence-corrected chi connectivity index (χ0v) is 18.2. The number of nitrogens with zero attached hydrogens (tertiary/aromatic N) is 3. The van der Waals surface area contributed by atoms with E-state index in [4.69, 9.17) is 0 Å². The van der Waals surface area contributed by atoms with Crippen LogP contribution >= 0.6 is 0 Å². The summed E-state index contributed by atoms with van der Waals surface area (Å²) in [6.45, 7) is -0.990. The average molecular weight is 478 g/mol. The summed E-state index contributed by atoms with van der Waals surface area (Å²) in [5.74, 6) is -0.496. The fourth-order valence-corrected chi connectivity index (χ4v) is 4.92. The minimum absolute atomic E-state index is 0.154. The number of amides is 1. The Labute approximate surface area is 188 Å². The van der Waals surface area contributed by atoms with Crippen molar-refractivity contribution < 1.29 is 26.4 Å². The number of hydrogen-bond donors (Lipinski definition) is 1. The van der Waals surface area contributed by atoms with Crippen LogP contribution in [0.5, 0.6) is 0 Å². The summed E-state index contributed by atoms with van der Waals surface area (Å²) in [4.78, 5) is 21.4. The molecular weight excluding hydrogens is 457 g/mol. The standard InChI is InChI=1S/C22H21F3N4O3S/c23-22(24,25)33(31,32)28-13-17-8-4-5-9-20(17)29(21(30)19-12-26-15-27-19)18(14-28)11-10-16-6-2-1-3-7-16/h1-9,12,15,18H,10-11,13-14H2,(H,26,27)/t18-/m1/s1. The Balaban J connectivity index is 1.79. The number of fused-ring (bicyclic) bond motifs is 1. The van der Waals surface area contributed by atoms with Gasteiger partial charge in [0.05, 0.1) is 18.6 Å². The minimum Gasteiger partial charge on any atom is -0.341 e. The van der Waals surface area contributed by atoms with Crippen LogP contribution in [0.3, 0.4) is 0 Å². The van der Waals surface area contributed by atoms with Gasteiger partial charge in [-0.25, -0.2) is 13.4 Å². The van der Waals surface area contributed by atoms with E-state index in [-0.39, 0.29) is 12.1 Å². The quantitative estimate of drug-likeness (QED) is 0.606. The lowest BCUT2D eigenvalue weighted by Crippen LogP contribution is -2.49. The first-order valence-electron chi connectivity index (χ1n) is 10.2. The summed E-state index contributed by atoms with van der Waals surface area (Å²) in [5.41, 5.74) is -3.69. The Hall–Kier alpha value is -3.18. The predicted octanol–water partition coefficient (Wildman–Crippen LogP) is 3.72. The maximum atomic E-state index is 13.5. The highest BCUT2D eigenvalue weighted by Gasteiger charge is 2.51. The van der Waals surface area contributed by atoms with E-state index in [1.807, 2.05) is 30.3 Å². The molecular formula is C22H21F3N4O3S. The number of para-hydroxylation sites is 1. The number of carbonyl (C=O) groups excluding carboxylic acids is 1. The van der Waals surface area contributed by atoms with Crippen molar-refractivity contribution in [2.45, 2.75) is 30.9 Å². The third-order valence-electron chi connectivity index (χ3n) is 5.57. The maximum absolute atomic E-state index is 13.5. The molecule has 0 aliphatic carbocycles. The van der Waals surface area contributed by atoms with Crippen molar-refractivity contribution in [2.75, 3.05) is 11.4 Å². The first-order chi connectivity index (χ1) is 15.7. The lowest BCUT2D eigenvalue weighted by molar-refractivity contribution is -0.0492. The molecule has 1 aliphatic heterocycles. The number of aromatic amines is 1. The van der Waals surface area contributed by atoms with Gasteiger partial charge >= 0.3 is 15.5 Å². The molecule has 0 saturated heterocycles. The van der Waals surface area contributed by atoms with Gasteiger partial charge in [-0.15, -0.1) is 0 Å². The summed E-state index contributed by atoms with van der Waals surface area (Å²) in [5, 5.41) is 0. The third-order valence-corrected chi connectivity index (χ3v) is 7.11. The van der Waals surface area contributed by atoms with Crippen LogP contribution in [0.1, 0.15) is 28.0 Å². The SMILES string of the molecule is O=C(c1cnc[nH]1)N1c2ccccc2CN(S(=O)(=O)C(F)(F)F)C[C@H]1CCc1ccccc1. The number of aryl methyl sites for hydroxylation is 1. The van der Waals surface area contributed by atoms with Gasteiger partial charge in [-0.3, -0.25) is 4.79 Å². The Morgan fingerprint density at radius 1 is 1.09 bits per heavy atom. The van der Waals surface area contributed by atoms with E-state index in [9.17, 15) is 26.4 Å². The zero-order valence-electron chi connectivity index (χ0n) is 17.4. The Kier molecular flexibility index (Phi) is 6.26. The van der Waals surface area contributed by atoms with Crippen molar-refractivity contribution in [3.63, 3.8) is 0 Å². The van der Waals surface area contributed by atoms with Crippen LogP contribution in [-0.4, -0.2) is 46.7 Å². The van der Waals surface area contributed by atoms with Crippen LogP contribution in [0.25, 0.3) is 0 Å². The number of halogens is 3. The summed E-state index contributed by atoms with van der Waals surface area (Å²) in [7, 11) is -5.61. The Morgan fingerprint density at radius 3 is 2.45 bits per heavy atom. The van der Waals surface area contributed by atoms with Crippen LogP contribution in [0.15, 0.2) is 67.1 Å². The average Bonchev–Trinajstić information content (AvgIpc) is 3.26. The first kappa shape index (κ1) is 23.0. The van der Waals surface area contributed by atoms with Gasteiger partial charge in [-0.1, -0.05) is 48.5 Å². The number of sulfonamides is 1. The molecule has 1 atom stereocenters. The molecule has 1 N–H and O–H groups in total. The fraction of sp³-hybridized carbons (Fsp3) is 0.273. The maximum Gasteiger partial charge on any atom is 0.511 e. The normalized spacial score (nSPS) is 17.4. The van der Waals surface area contributed by atoms with Gasteiger partial charge in [0, 0.05) is 18.8 Å². The summed E-state index contributed by atoms with van der Waals surface area (Å²) in [6.07, 6.45) is 3.35. The van der Waals surface area contributed by atoms with Crippen LogP contribution in [0.4, 0.5) is 18.9 Å². The highest BCUT2D eigenvalue weighted by Crippen LogP contribution is 2.35. The van der Waals surface area contributed by atoms with Crippen molar-refractivity contribution in [3.05, 3.63) is 83.9 Å². The molecule has 0 spiro atoms. The van der Waals surface area contributed by atoms with E-state index in [0.29, 0.717) is 22.0 Å². The molecule has 1 aromatic heterocycles. The third kappa shape index (κ3) is 4.64. The molecule has 0 saturated carbocycles. The number of rotatable bonds is 5. The topological polar surface area (TPSA) is 86.4 Å². The molecule has 33 heavy (non-hydrogen) atoms. The Bertz CT molecular complexity index is 1220. The molecule has 2 heterocycles. The zero-order chi connectivity index (χ0) is 23.6. The highest BCUT2D eigenvalue weighted by atomic mass is 32.2. The van der Waals surface area contributed by atoms with E-state index in [1.165, 1.54) is 23.5 Å². The van der Waals surface area contributed by atoms with Crippen molar-refractivity contribution in [3.8, 4) is 0 Å². The smallest absolute Gasteiger partial charge is 0.341 e. The van der Waals surface area contributed by atoms with Crippen molar-refractivity contribution >= 4 is 21.6 Å². The van der Waals surface area contributed by atoms with Crippen molar-refractivity contribution in [2.24, 2.45) is 0 Å². The molecule has 3 aromatic rings. The number of anilines is 1. The number of hydrogen-bond acceptors (Lipinski definition) is 4. The van der Waals surface area contributed by atoms with Gasteiger partial charge in [0.2, 0.25) is 0 Å². The van der Waals surface area contributed by atoms with E-state index in [0.717, 1.165) is 5.56 Å². The molecule has 11 heteroatoms. The summed E-state index contributed by atoms with van der Waals surface area (Å²) < 4.78 is 65.6. The second-order valence-electron chi connectivity index (χ2n) is 7.69. The second kappa shape index (κ2) is 8.99. The highest BCUT2D eigenvalue weighted by molar-refractivity contribution is 7.89. The number of aromatic nitrogens is 2. The molecule has 0 bridgehead atoms. The first-order valence-corrected chi connectivity index (χ1v) is 11.6. The number of H-pyrrole nitrogens is 1. The van der Waals surface area contributed by atoms with Gasteiger partial charge < -0.3 is 9.88 Å². The van der Waals surface area contributed by atoms with E-state index < -0.39 is 40.6 Å². The van der Waals surface area contributed by atoms with E-state index in [1.54, 1.807) is 18.2 Å². The monoisotopic (exact) mass is 478 g/mol. The number of imidazole rings is 1. The summed E-state index contributed by atoms with van der Waals surface area (Å²) in [6, 6.07) is 14.8. The lowest BCUT2D eigenvalue weighted by atomic mass is 10.0. The number of alkyl halides is 3. The van der Waals surface area contributed by atoms with Crippen LogP contribution < -0.4 is 4.90 Å². The summed E-state index contributed by atoms with van der Waals surface area (Å²) >= 11 is 0. The fourth-order valence-electron chi connectivity index (χ4n) is 3.95. The van der Waals surface area contributed by atoms with Gasteiger partial charge in [0.1, 0.15) is 5.69 Å². The molecule has 174 valence electrons. The molecule has 1 amide bonds. The molecule has 0 unspecified atom stereocenters. The largest absolute Gasteiger partial charge is 0.511 e. The van der Waals surface area contributed by atoms with Gasteiger partial charge in [0.15, 0.2) is 0 Å². The minimum atomic E-state index is -5.61.